The van der Waals surface area contributed by atoms with Gasteiger partial charge in [0.2, 0.25) is 0 Å². The van der Waals surface area contributed by atoms with Gasteiger partial charge in [-0.1, -0.05) is 45.6 Å². The van der Waals surface area contributed by atoms with Gasteiger partial charge < -0.3 is 33.9 Å². The number of esters is 5. The summed E-state index contributed by atoms with van der Waals surface area (Å²) in [7, 11) is 0. The van der Waals surface area contributed by atoms with Crippen molar-refractivity contribution in [3.8, 4) is 0 Å². The molecule has 0 bridgehead atoms. The van der Waals surface area contributed by atoms with Crippen molar-refractivity contribution in [2.45, 2.75) is 154 Å². The molecule has 2 fully saturated rings. The lowest BCUT2D eigenvalue weighted by atomic mass is 9.75. The SMILES string of the molecule is C/C=C(\C)C(=O)O[C@@H]1C(C)=C2[C@H]([C@@H]1OC(=O)CCCCCCC)[C@@](C)(OC(C)=O)C[C@@H](OC(=O)CCC)[C@@]1(O)[C@H]2OC(=O)[C@]1(C)O. The van der Waals surface area contributed by atoms with Crippen LogP contribution in [-0.2, 0) is 47.7 Å². The Bertz CT molecular complexity index is 1260. The van der Waals surface area contributed by atoms with Crippen molar-refractivity contribution >= 4 is 29.8 Å². The van der Waals surface area contributed by atoms with Crippen LogP contribution < -0.4 is 0 Å². The van der Waals surface area contributed by atoms with Crippen LogP contribution in [0.4, 0.5) is 0 Å². The molecule has 258 valence electrons. The Balaban J connectivity index is 2.23. The fraction of sp³-hybridized carbons (Fsp3) is 0.735. The number of allylic oxidation sites excluding steroid dienone is 1. The van der Waals surface area contributed by atoms with E-state index < -0.39 is 83.4 Å². The molecule has 0 spiro atoms. The van der Waals surface area contributed by atoms with Crippen LogP contribution in [0.3, 0.4) is 0 Å². The highest BCUT2D eigenvalue weighted by Gasteiger charge is 2.76. The van der Waals surface area contributed by atoms with Crippen LogP contribution in [0.5, 0.6) is 0 Å². The lowest BCUT2D eigenvalue weighted by molar-refractivity contribution is -0.212. The number of hydrogen-bond acceptors (Lipinski definition) is 12. The second kappa shape index (κ2) is 14.7. The fourth-order valence-corrected chi connectivity index (χ4v) is 6.90. The number of fused-ring (bicyclic) bond motifs is 3. The van der Waals surface area contributed by atoms with Crippen LogP contribution >= 0.6 is 0 Å². The molecular formula is C34H50O12. The van der Waals surface area contributed by atoms with E-state index in [-0.39, 0.29) is 29.6 Å². The second-order valence-corrected chi connectivity index (χ2v) is 13.1. The summed E-state index contributed by atoms with van der Waals surface area (Å²) in [5, 5.41) is 23.9. The first-order valence-electron chi connectivity index (χ1n) is 16.3. The van der Waals surface area contributed by atoms with Gasteiger partial charge in [-0.25, -0.2) is 9.59 Å². The van der Waals surface area contributed by atoms with Crippen molar-refractivity contribution in [3.63, 3.8) is 0 Å². The van der Waals surface area contributed by atoms with Gasteiger partial charge in [-0.3, -0.25) is 14.4 Å². The zero-order valence-corrected chi connectivity index (χ0v) is 28.3. The topological polar surface area (TPSA) is 172 Å². The number of carbonyl (C=O) groups is 5. The number of carbonyl (C=O) groups excluding carboxylic acids is 5. The number of rotatable bonds is 13. The Labute approximate surface area is 270 Å². The van der Waals surface area contributed by atoms with Gasteiger partial charge in [-0.15, -0.1) is 0 Å². The molecule has 0 amide bonds. The molecule has 12 heteroatoms. The minimum absolute atomic E-state index is 0.0234. The Kier molecular flexibility index (Phi) is 11.9. The van der Waals surface area contributed by atoms with Crippen molar-refractivity contribution in [2.24, 2.45) is 5.92 Å². The van der Waals surface area contributed by atoms with Gasteiger partial charge in [0, 0.05) is 31.8 Å². The van der Waals surface area contributed by atoms with E-state index in [2.05, 4.69) is 6.92 Å². The van der Waals surface area contributed by atoms with Crippen LogP contribution in [0, 0.1) is 5.92 Å². The summed E-state index contributed by atoms with van der Waals surface area (Å²) in [6, 6.07) is 0. The normalized spacial score (nSPS) is 33.8. The molecule has 1 saturated heterocycles. The number of hydrogen-bond donors (Lipinski definition) is 2. The molecule has 2 N–H and O–H groups in total. The first-order valence-corrected chi connectivity index (χ1v) is 16.3. The number of unbranched alkanes of at least 4 members (excludes halogenated alkanes) is 4. The third kappa shape index (κ3) is 7.02. The molecular weight excluding hydrogens is 600 g/mol. The minimum Gasteiger partial charge on any atom is -0.459 e. The van der Waals surface area contributed by atoms with Crippen molar-refractivity contribution in [2.75, 3.05) is 0 Å². The van der Waals surface area contributed by atoms with E-state index >= 15 is 0 Å². The second-order valence-electron chi connectivity index (χ2n) is 13.1. The lowest BCUT2D eigenvalue weighted by Crippen LogP contribution is -2.64. The third-order valence-corrected chi connectivity index (χ3v) is 9.51. The molecule has 0 radical (unpaired) electrons. The predicted molar refractivity (Wildman–Crippen MR) is 164 cm³/mol. The molecule has 3 aliphatic rings. The van der Waals surface area contributed by atoms with Crippen LogP contribution in [0.1, 0.15) is 113 Å². The van der Waals surface area contributed by atoms with E-state index in [9.17, 15) is 34.2 Å². The Hall–Kier alpha value is -3.25. The van der Waals surface area contributed by atoms with Crippen molar-refractivity contribution in [1.29, 1.82) is 0 Å². The number of ether oxygens (including phenoxy) is 5. The lowest BCUT2D eigenvalue weighted by Gasteiger charge is -2.41. The van der Waals surface area contributed by atoms with E-state index in [0.29, 0.717) is 12.8 Å². The summed E-state index contributed by atoms with van der Waals surface area (Å²) >= 11 is 0. The maximum atomic E-state index is 13.3. The zero-order chi connectivity index (χ0) is 34.6. The largest absolute Gasteiger partial charge is 0.459 e. The Morgan fingerprint density at radius 1 is 0.935 bits per heavy atom. The van der Waals surface area contributed by atoms with E-state index in [1.807, 2.05) is 0 Å². The number of aliphatic hydroxyl groups is 2. The summed E-state index contributed by atoms with van der Waals surface area (Å²) < 4.78 is 29.3. The zero-order valence-electron chi connectivity index (χ0n) is 28.3. The van der Waals surface area contributed by atoms with Crippen LogP contribution in [0.15, 0.2) is 22.8 Å². The predicted octanol–water partition coefficient (Wildman–Crippen LogP) is 3.93. The molecule has 46 heavy (non-hydrogen) atoms. The van der Waals surface area contributed by atoms with Crippen molar-refractivity contribution < 1.29 is 57.9 Å². The van der Waals surface area contributed by atoms with Gasteiger partial charge in [-0.2, -0.15) is 0 Å². The molecule has 0 aromatic carbocycles. The van der Waals surface area contributed by atoms with Crippen molar-refractivity contribution in [3.05, 3.63) is 22.8 Å². The molecule has 0 aromatic heterocycles. The monoisotopic (exact) mass is 650 g/mol. The molecule has 0 aromatic rings. The highest BCUT2D eigenvalue weighted by molar-refractivity contribution is 5.88. The maximum absolute atomic E-state index is 13.3. The average molecular weight is 651 g/mol. The highest BCUT2D eigenvalue weighted by Crippen LogP contribution is 2.57. The van der Waals surface area contributed by atoms with E-state index in [1.54, 1.807) is 33.8 Å². The molecule has 1 saturated carbocycles. The summed E-state index contributed by atoms with van der Waals surface area (Å²) in [6.45, 7) is 12.4. The van der Waals surface area contributed by atoms with E-state index in [0.717, 1.165) is 32.6 Å². The van der Waals surface area contributed by atoms with Gasteiger partial charge in [-0.05, 0) is 58.6 Å². The minimum atomic E-state index is -2.57. The first-order chi connectivity index (χ1) is 21.5. The van der Waals surface area contributed by atoms with Crippen LogP contribution in [-0.4, -0.2) is 81.3 Å². The van der Waals surface area contributed by atoms with E-state index in [4.69, 9.17) is 23.7 Å². The van der Waals surface area contributed by atoms with Gasteiger partial charge >= 0.3 is 29.8 Å². The summed E-state index contributed by atoms with van der Waals surface area (Å²) in [5.41, 5.74) is -6.12. The molecule has 12 nitrogen and oxygen atoms in total. The van der Waals surface area contributed by atoms with Crippen LogP contribution in [0.25, 0.3) is 0 Å². The molecule has 8 atom stereocenters. The van der Waals surface area contributed by atoms with Crippen LogP contribution in [0.2, 0.25) is 0 Å². The molecule has 0 unspecified atom stereocenters. The average Bonchev–Trinajstić information content (AvgIpc) is 3.30. The summed E-state index contributed by atoms with van der Waals surface area (Å²) in [4.78, 5) is 65.1. The Morgan fingerprint density at radius 2 is 1.57 bits per heavy atom. The molecule has 3 rings (SSSR count). The highest BCUT2D eigenvalue weighted by atomic mass is 16.6. The van der Waals surface area contributed by atoms with Gasteiger partial charge in [0.15, 0.2) is 29.5 Å². The fourth-order valence-electron chi connectivity index (χ4n) is 6.90. The standard InChI is InChI=1S/C34H50O12/c1-9-12-13-14-15-17-24(37)43-28-26-25(20(5)27(28)44-30(38)19(4)11-3)29-34(41,33(8,40)31(39)45-29)22(42-23(36)16-10-2)18-32(26,7)46-21(6)35/h11,22,26-29,40-41H,9-10,12-18H2,1-8H3/b19-11+/t22-,26-,27-,28+,29+,32+,33+,34-/m1/s1. The van der Waals surface area contributed by atoms with Gasteiger partial charge in [0.1, 0.15) is 11.7 Å². The quantitative estimate of drug-likeness (QED) is 0.0969. The molecule has 2 aliphatic carbocycles. The van der Waals surface area contributed by atoms with Gasteiger partial charge in [0.25, 0.3) is 0 Å². The third-order valence-electron chi connectivity index (χ3n) is 9.51. The first kappa shape index (κ1) is 37.2. The molecule has 1 heterocycles. The molecule has 1 aliphatic heterocycles. The Morgan fingerprint density at radius 3 is 2.15 bits per heavy atom. The van der Waals surface area contributed by atoms with Gasteiger partial charge in [0.05, 0.1) is 5.92 Å². The van der Waals surface area contributed by atoms with E-state index in [1.165, 1.54) is 13.8 Å². The summed E-state index contributed by atoms with van der Waals surface area (Å²) in [6.07, 6.45) is 0.272. The van der Waals surface area contributed by atoms with Crippen molar-refractivity contribution in [1.82, 2.24) is 0 Å². The maximum Gasteiger partial charge on any atom is 0.341 e. The summed E-state index contributed by atoms with van der Waals surface area (Å²) in [5.74, 6) is -5.03. The smallest absolute Gasteiger partial charge is 0.341 e.